The first-order chi connectivity index (χ1) is 9.94. The van der Waals surface area contributed by atoms with E-state index in [1.807, 2.05) is 34.6 Å². The average molecular weight is 296 g/mol. The fourth-order valence-corrected chi connectivity index (χ4v) is 4.40. The Morgan fingerprint density at radius 3 is 1.33 bits per heavy atom. The Labute approximate surface area is 132 Å². The van der Waals surface area contributed by atoms with Crippen LogP contribution in [0.15, 0.2) is 0 Å². The summed E-state index contributed by atoms with van der Waals surface area (Å²) in [4.78, 5) is 10.8. The van der Waals surface area contributed by atoms with Gasteiger partial charge in [0.05, 0.1) is 12.5 Å². The van der Waals surface area contributed by atoms with Crippen molar-refractivity contribution < 1.29 is 9.53 Å². The van der Waals surface area contributed by atoms with E-state index in [0.29, 0.717) is 0 Å². The van der Waals surface area contributed by atoms with Gasteiger partial charge in [0.25, 0.3) is 0 Å². The fourth-order valence-electron chi connectivity index (χ4n) is 4.40. The van der Waals surface area contributed by atoms with Gasteiger partial charge in [0, 0.05) is 0 Å². The lowest BCUT2D eigenvalue weighted by Gasteiger charge is -2.49. The molecule has 2 nitrogen and oxygen atoms in total. The van der Waals surface area contributed by atoms with Crippen LogP contribution in [-0.4, -0.2) is 13.1 Å². The summed E-state index contributed by atoms with van der Waals surface area (Å²) in [6, 6.07) is 0. The molecule has 0 N–H and O–H groups in total. The van der Waals surface area contributed by atoms with Crippen LogP contribution in [0.2, 0.25) is 0 Å². The molecule has 2 heteroatoms. The Bertz CT molecular complexity index is 263. The van der Waals surface area contributed by atoms with Gasteiger partial charge in [-0.25, -0.2) is 0 Å². The highest BCUT2D eigenvalue weighted by atomic mass is 16.5. The van der Waals surface area contributed by atoms with Crippen molar-refractivity contribution in [1.29, 1.82) is 0 Å². The van der Waals surface area contributed by atoms with Gasteiger partial charge in [0.15, 0.2) is 0 Å². The van der Waals surface area contributed by atoms with Gasteiger partial charge in [-0.3, -0.25) is 4.79 Å². The zero-order valence-electron chi connectivity index (χ0n) is 15.1. The van der Waals surface area contributed by atoms with E-state index >= 15 is 0 Å². The Kier molecular flexibility index (Phi) is 7.23. The van der Waals surface area contributed by atoms with E-state index in [4.69, 9.17) is 0 Å². The second-order valence-corrected chi connectivity index (χ2v) is 7.61. The van der Waals surface area contributed by atoms with Gasteiger partial charge < -0.3 is 4.74 Å². The summed E-state index contributed by atoms with van der Waals surface area (Å²) in [6.07, 6.45) is 10.4. The first-order valence-electron chi connectivity index (χ1n) is 9.03. The van der Waals surface area contributed by atoms with Gasteiger partial charge in [-0.05, 0) is 82.5 Å². The van der Waals surface area contributed by atoms with Crippen LogP contribution in [0.4, 0.5) is 0 Å². The molecule has 0 unspecified atom stereocenters. The number of hydrogen-bond donors (Lipinski definition) is 0. The van der Waals surface area contributed by atoms with Crippen molar-refractivity contribution in [2.75, 3.05) is 7.11 Å². The van der Waals surface area contributed by atoms with E-state index in [-0.39, 0.29) is 11.4 Å². The Balaban J connectivity index is 0.000000190. The van der Waals surface area contributed by atoms with Crippen LogP contribution in [0, 0.1) is 29.1 Å². The molecule has 4 bridgehead atoms. The summed E-state index contributed by atoms with van der Waals surface area (Å²) in [6.45, 7) is 9.72. The molecule has 0 amide bonds. The highest BCUT2D eigenvalue weighted by molar-refractivity contribution is 5.75. The summed E-state index contributed by atoms with van der Waals surface area (Å²) >= 11 is 0. The lowest BCUT2D eigenvalue weighted by Crippen LogP contribution is -2.38. The predicted molar refractivity (Wildman–Crippen MR) is 89.1 cm³/mol. The molecule has 0 aliphatic heterocycles. The molecule has 0 saturated heterocycles. The van der Waals surface area contributed by atoms with Crippen LogP contribution in [0.25, 0.3) is 0 Å². The third-order valence-corrected chi connectivity index (χ3v) is 5.62. The molecule has 4 aliphatic carbocycles. The Hall–Kier alpha value is -0.530. The van der Waals surface area contributed by atoms with E-state index in [9.17, 15) is 4.79 Å². The lowest BCUT2D eigenvalue weighted by molar-refractivity contribution is -0.150. The molecule has 0 atom stereocenters. The van der Waals surface area contributed by atoms with Crippen LogP contribution < -0.4 is 0 Å². The topological polar surface area (TPSA) is 26.3 Å². The molecular weight excluding hydrogens is 260 g/mol. The minimum Gasteiger partial charge on any atom is -0.469 e. The predicted octanol–water partition coefficient (Wildman–Crippen LogP) is 5.45. The SMILES string of the molecule is C1C2CC3CC1CC(C2)C3.CC.CCC(C)(C)C(=O)OC. The van der Waals surface area contributed by atoms with Crippen molar-refractivity contribution in [2.45, 2.75) is 79.6 Å². The Morgan fingerprint density at radius 1 is 0.905 bits per heavy atom. The van der Waals surface area contributed by atoms with Crippen LogP contribution in [0.1, 0.15) is 79.6 Å². The fraction of sp³-hybridized carbons (Fsp3) is 0.947. The summed E-state index contributed by atoms with van der Waals surface area (Å²) in [7, 11) is 1.42. The zero-order valence-corrected chi connectivity index (χ0v) is 15.1. The normalized spacial score (nSPS) is 32.5. The highest BCUT2D eigenvalue weighted by Gasteiger charge is 2.41. The summed E-state index contributed by atoms with van der Waals surface area (Å²) < 4.78 is 4.57. The highest BCUT2D eigenvalue weighted by Crippen LogP contribution is 2.53. The van der Waals surface area contributed by atoms with Gasteiger partial charge in [-0.1, -0.05) is 20.8 Å². The van der Waals surface area contributed by atoms with Gasteiger partial charge in [-0.2, -0.15) is 0 Å². The molecule has 0 heterocycles. The van der Waals surface area contributed by atoms with E-state index in [1.165, 1.54) is 30.8 Å². The second-order valence-electron chi connectivity index (χ2n) is 7.61. The van der Waals surface area contributed by atoms with Crippen LogP contribution in [0.3, 0.4) is 0 Å². The second kappa shape index (κ2) is 8.19. The molecule has 0 aromatic heterocycles. The molecule has 0 aromatic rings. The van der Waals surface area contributed by atoms with Crippen LogP contribution in [-0.2, 0) is 9.53 Å². The maximum atomic E-state index is 10.8. The molecule has 4 aliphatic rings. The summed E-state index contributed by atoms with van der Waals surface area (Å²) in [5, 5.41) is 0. The number of methoxy groups -OCH3 is 1. The number of ether oxygens (including phenoxy) is 1. The molecule has 0 radical (unpaired) electrons. The average Bonchev–Trinajstić information content (AvgIpc) is 2.47. The molecule has 4 saturated carbocycles. The van der Waals surface area contributed by atoms with Crippen LogP contribution >= 0.6 is 0 Å². The van der Waals surface area contributed by atoms with Crippen molar-refractivity contribution in [1.82, 2.24) is 0 Å². The van der Waals surface area contributed by atoms with E-state index in [2.05, 4.69) is 4.74 Å². The summed E-state index contributed by atoms with van der Waals surface area (Å²) in [5.74, 6) is 4.57. The molecule has 0 aromatic carbocycles. The molecule has 4 rings (SSSR count). The zero-order chi connectivity index (χ0) is 16.0. The first-order valence-corrected chi connectivity index (χ1v) is 9.03. The quantitative estimate of drug-likeness (QED) is 0.633. The monoisotopic (exact) mass is 296 g/mol. The molecule has 124 valence electrons. The standard InChI is InChI=1S/C10H16.C7H14O2.C2H6/c1-7-2-9-4-8(1)5-10(3-7)6-9;1-5-7(2,3)6(8)9-4;1-2/h7-10H,1-6H2;5H2,1-4H3;1-2H3. The van der Waals surface area contributed by atoms with Gasteiger partial charge in [-0.15, -0.1) is 0 Å². The molecule has 4 fully saturated rings. The summed E-state index contributed by atoms with van der Waals surface area (Å²) in [5.41, 5.74) is -0.311. The minimum absolute atomic E-state index is 0.134. The van der Waals surface area contributed by atoms with Gasteiger partial charge in [0.2, 0.25) is 0 Å². The number of esters is 1. The molecular formula is C19H36O2. The smallest absolute Gasteiger partial charge is 0.311 e. The van der Waals surface area contributed by atoms with E-state index < -0.39 is 0 Å². The third kappa shape index (κ3) is 5.00. The van der Waals surface area contributed by atoms with Crippen molar-refractivity contribution in [3.63, 3.8) is 0 Å². The third-order valence-electron chi connectivity index (χ3n) is 5.62. The molecule has 0 spiro atoms. The van der Waals surface area contributed by atoms with Crippen molar-refractivity contribution in [2.24, 2.45) is 29.1 Å². The maximum Gasteiger partial charge on any atom is 0.311 e. The molecule has 21 heavy (non-hydrogen) atoms. The minimum atomic E-state index is -0.311. The lowest BCUT2D eigenvalue weighted by atomic mass is 9.56. The van der Waals surface area contributed by atoms with E-state index in [1.54, 1.807) is 38.5 Å². The largest absolute Gasteiger partial charge is 0.469 e. The van der Waals surface area contributed by atoms with Crippen molar-refractivity contribution >= 4 is 5.97 Å². The number of rotatable bonds is 2. The maximum absolute atomic E-state index is 10.8. The Morgan fingerprint density at radius 2 is 1.19 bits per heavy atom. The van der Waals surface area contributed by atoms with E-state index in [0.717, 1.165) is 6.42 Å². The van der Waals surface area contributed by atoms with Crippen molar-refractivity contribution in [3.8, 4) is 0 Å². The van der Waals surface area contributed by atoms with Crippen LogP contribution in [0.5, 0.6) is 0 Å². The van der Waals surface area contributed by atoms with Crippen molar-refractivity contribution in [3.05, 3.63) is 0 Å². The number of carbonyl (C=O) groups excluding carboxylic acids is 1. The van der Waals surface area contributed by atoms with Gasteiger partial charge >= 0.3 is 5.97 Å². The number of carbonyl (C=O) groups is 1. The number of hydrogen-bond acceptors (Lipinski definition) is 2. The first kappa shape index (κ1) is 18.5. The van der Waals surface area contributed by atoms with Gasteiger partial charge in [0.1, 0.15) is 0 Å².